The first-order chi connectivity index (χ1) is 33.7. The van der Waals surface area contributed by atoms with Crippen molar-refractivity contribution in [3.8, 4) is 22.3 Å². The molecule has 0 amide bonds. The van der Waals surface area contributed by atoms with E-state index in [1.54, 1.807) is 0 Å². The molecule has 2 aliphatic carbocycles. The topological polar surface area (TPSA) is 6.48 Å². The van der Waals surface area contributed by atoms with Gasteiger partial charge in [-0.05, 0) is 192 Å². The summed E-state index contributed by atoms with van der Waals surface area (Å²) in [5.41, 5.74) is 14.5. The first kappa shape index (κ1) is 39.9. The Balaban J connectivity index is 1.14. The second kappa shape index (κ2) is 16.8. The third-order valence-electron chi connectivity index (χ3n) is 14.2. The minimum Gasteiger partial charge on any atom is -0.311 e. The van der Waals surface area contributed by atoms with Gasteiger partial charge in [-0.1, -0.05) is 164 Å². The van der Waals surface area contributed by atoms with E-state index in [1.807, 2.05) is 0 Å². The fraction of sp³-hybridized carbons (Fsp3) is 0.0606. The van der Waals surface area contributed by atoms with Crippen LogP contribution in [0.25, 0.3) is 82.2 Å². The van der Waals surface area contributed by atoms with Crippen LogP contribution in [0.2, 0.25) is 0 Å². The van der Waals surface area contributed by atoms with Gasteiger partial charge in [0.2, 0.25) is 0 Å². The number of anilines is 5. The summed E-state index contributed by atoms with van der Waals surface area (Å²) in [6.45, 7) is 0. The molecule has 11 aromatic rings. The first-order valence-electron chi connectivity index (χ1n) is 24.0. The molecule has 13 rings (SSSR count). The fourth-order valence-corrected chi connectivity index (χ4v) is 11.1. The zero-order chi connectivity index (χ0) is 45.0. The molecule has 0 unspecified atom stereocenters. The molecule has 0 aliphatic heterocycles. The largest absolute Gasteiger partial charge is 0.311 e. The first-order valence-corrected chi connectivity index (χ1v) is 24.0. The highest BCUT2D eigenvalue weighted by molar-refractivity contribution is 6.24. The Kier molecular flexibility index (Phi) is 9.83. The molecule has 0 spiro atoms. The Morgan fingerprint density at radius 2 is 0.824 bits per heavy atom. The van der Waals surface area contributed by atoms with Crippen molar-refractivity contribution in [2.45, 2.75) is 25.7 Å². The van der Waals surface area contributed by atoms with Gasteiger partial charge in [0.15, 0.2) is 0 Å². The number of hydrogen-bond donors (Lipinski definition) is 0. The molecule has 0 aromatic heterocycles. The number of benzene rings is 11. The molecule has 68 heavy (non-hydrogen) atoms. The third kappa shape index (κ3) is 6.88. The monoisotopic (exact) mass is 868 g/mol. The molecule has 0 saturated carbocycles. The van der Waals surface area contributed by atoms with Crippen LogP contribution < -0.4 is 9.80 Å². The molecule has 11 aromatic carbocycles. The van der Waals surface area contributed by atoms with Crippen LogP contribution in [-0.2, 0) is 6.42 Å². The minimum absolute atomic E-state index is 1.02. The number of para-hydroxylation sites is 3. The molecule has 0 saturated heterocycles. The van der Waals surface area contributed by atoms with E-state index in [1.165, 1.54) is 92.9 Å². The average Bonchev–Trinajstić information content (AvgIpc) is 3.41. The SMILES string of the molecule is C1=CC(N(c2ccccc2)c2ccc3c(-c4ccc5c(ccc6ccccc65)c4)c4cc(N(c5ccccc5)c5ccccc5)ccc4c(-c4ccc5c6c(ccc5c4)C=CCC6)c3c2)=CCC1. The molecule has 0 heterocycles. The van der Waals surface area contributed by atoms with Crippen LogP contribution in [0.3, 0.4) is 0 Å². The van der Waals surface area contributed by atoms with Crippen LogP contribution in [0.15, 0.2) is 242 Å². The molecule has 0 radical (unpaired) electrons. The summed E-state index contributed by atoms with van der Waals surface area (Å²) in [5.74, 6) is 0. The molecule has 0 N–H and O–H groups in total. The summed E-state index contributed by atoms with van der Waals surface area (Å²) >= 11 is 0. The van der Waals surface area contributed by atoms with Crippen LogP contribution in [0, 0.1) is 0 Å². The van der Waals surface area contributed by atoms with Crippen LogP contribution in [0.1, 0.15) is 30.4 Å². The van der Waals surface area contributed by atoms with Gasteiger partial charge >= 0.3 is 0 Å². The van der Waals surface area contributed by atoms with Crippen molar-refractivity contribution in [3.63, 3.8) is 0 Å². The highest BCUT2D eigenvalue weighted by atomic mass is 15.1. The standard InChI is InChI=1S/C66H48N2/c1-5-19-51(20-6-1)67(52-21-7-2-8-22-52)55-35-39-61-63(43-55)65(49-33-37-59-47(41-49)31-29-45-17-13-15-27-57(45)59)62-40-36-56(68(53-23-9-3-10-24-53)54-25-11-4-12-26-54)44-64(62)66(61)50-34-38-60-48(42-50)32-30-46-18-14-16-28-58(46)60/h1-3,5-11,13-15,17-27,29-44H,4,12,16,28H2. The average molecular weight is 869 g/mol. The predicted octanol–water partition coefficient (Wildman–Crippen LogP) is 18.6. The molecule has 0 fully saturated rings. The lowest BCUT2D eigenvalue weighted by Crippen LogP contribution is -2.16. The van der Waals surface area contributed by atoms with Gasteiger partial charge in [-0.25, -0.2) is 0 Å². The summed E-state index contributed by atoms with van der Waals surface area (Å²) in [7, 11) is 0. The van der Waals surface area contributed by atoms with Gasteiger partial charge in [0, 0.05) is 34.1 Å². The van der Waals surface area contributed by atoms with Crippen molar-refractivity contribution in [3.05, 3.63) is 253 Å². The van der Waals surface area contributed by atoms with Crippen LogP contribution in [0.5, 0.6) is 0 Å². The summed E-state index contributed by atoms with van der Waals surface area (Å²) < 4.78 is 0. The molecule has 2 heteroatoms. The Labute approximate surface area is 397 Å². The maximum atomic E-state index is 2.47. The summed E-state index contributed by atoms with van der Waals surface area (Å²) in [5, 5.41) is 12.5. The van der Waals surface area contributed by atoms with Crippen molar-refractivity contribution in [2.24, 2.45) is 0 Å². The minimum atomic E-state index is 1.02. The Bertz CT molecular complexity index is 3800. The zero-order valence-corrected chi connectivity index (χ0v) is 37.8. The van der Waals surface area contributed by atoms with Crippen LogP contribution >= 0.6 is 0 Å². The van der Waals surface area contributed by atoms with Crippen LogP contribution in [-0.4, -0.2) is 0 Å². The quantitative estimate of drug-likeness (QED) is 0.111. The number of nitrogens with zero attached hydrogens (tertiary/aromatic N) is 2. The van der Waals surface area contributed by atoms with E-state index in [2.05, 4.69) is 253 Å². The lowest BCUT2D eigenvalue weighted by molar-refractivity contribution is 0.997. The fourth-order valence-electron chi connectivity index (χ4n) is 11.1. The molecule has 0 bridgehead atoms. The third-order valence-corrected chi connectivity index (χ3v) is 14.2. The van der Waals surface area contributed by atoms with E-state index < -0.39 is 0 Å². The number of allylic oxidation sites excluding steroid dienone is 4. The Hall–Kier alpha value is -8.46. The highest BCUT2D eigenvalue weighted by Crippen LogP contribution is 2.49. The maximum Gasteiger partial charge on any atom is 0.0468 e. The highest BCUT2D eigenvalue weighted by Gasteiger charge is 2.23. The van der Waals surface area contributed by atoms with Crippen molar-refractivity contribution in [1.82, 2.24) is 0 Å². The van der Waals surface area contributed by atoms with E-state index in [-0.39, 0.29) is 0 Å². The second-order valence-electron chi connectivity index (χ2n) is 18.2. The predicted molar refractivity (Wildman–Crippen MR) is 292 cm³/mol. The van der Waals surface area contributed by atoms with Gasteiger partial charge < -0.3 is 9.80 Å². The smallest absolute Gasteiger partial charge is 0.0468 e. The van der Waals surface area contributed by atoms with Crippen molar-refractivity contribution < 1.29 is 0 Å². The maximum absolute atomic E-state index is 2.47. The Morgan fingerprint density at radius 1 is 0.309 bits per heavy atom. The second-order valence-corrected chi connectivity index (χ2v) is 18.2. The van der Waals surface area contributed by atoms with Crippen molar-refractivity contribution >= 4 is 88.4 Å². The molecular weight excluding hydrogens is 821 g/mol. The molecule has 2 aliphatic rings. The number of fused-ring (bicyclic) bond motifs is 8. The molecular formula is C66H48N2. The van der Waals surface area contributed by atoms with Gasteiger partial charge in [0.1, 0.15) is 0 Å². The summed E-state index contributed by atoms with van der Waals surface area (Å²) in [6.07, 6.45) is 15.8. The normalized spacial score (nSPS) is 13.3. The van der Waals surface area contributed by atoms with E-state index in [9.17, 15) is 0 Å². The number of aryl methyl sites for hydroxylation is 1. The molecule has 0 atom stereocenters. The van der Waals surface area contributed by atoms with E-state index in [4.69, 9.17) is 0 Å². The van der Waals surface area contributed by atoms with Gasteiger partial charge in [-0.15, -0.1) is 0 Å². The zero-order valence-electron chi connectivity index (χ0n) is 37.8. The summed E-state index contributed by atoms with van der Waals surface area (Å²) in [4.78, 5) is 4.82. The van der Waals surface area contributed by atoms with E-state index >= 15 is 0 Å². The lowest BCUT2D eigenvalue weighted by Gasteiger charge is -2.29. The van der Waals surface area contributed by atoms with Gasteiger partial charge in [-0.3, -0.25) is 0 Å². The number of rotatable bonds is 8. The van der Waals surface area contributed by atoms with Crippen molar-refractivity contribution in [1.29, 1.82) is 0 Å². The van der Waals surface area contributed by atoms with Gasteiger partial charge in [-0.2, -0.15) is 0 Å². The molecule has 2 nitrogen and oxygen atoms in total. The van der Waals surface area contributed by atoms with E-state index in [0.717, 1.165) is 54.1 Å². The van der Waals surface area contributed by atoms with Gasteiger partial charge in [0.25, 0.3) is 0 Å². The molecule has 322 valence electrons. The number of hydrogen-bond acceptors (Lipinski definition) is 2. The Morgan fingerprint density at radius 3 is 1.47 bits per heavy atom. The van der Waals surface area contributed by atoms with E-state index in [0.29, 0.717) is 0 Å². The van der Waals surface area contributed by atoms with Crippen LogP contribution in [0.4, 0.5) is 28.4 Å². The van der Waals surface area contributed by atoms with Gasteiger partial charge in [0.05, 0.1) is 0 Å². The lowest BCUT2D eigenvalue weighted by atomic mass is 9.84. The van der Waals surface area contributed by atoms with Crippen molar-refractivity contribution in [2.75, 3.05) is 9.80 Å². The summed E-state index contributed by atoms with van der Waals surface area (Å²) in [6, 6.07) is 79.0.